The van der Waals surface area contributed by atoms with Gasteiger partial charge in [-0.3, -0.25) is 19.4 Å². The van der Waals surface area contributed by atoms with Gasteiger partial charge < -0.3 is 43.7 Å². The number of carboxylic acids is 2. The molecule has 0 spiro atoms. The molecule has 0 aliphatic heterocycles. The lowest BCUT2D eigenvalue weighted by atomic mass is 10.1. The second-order valence-corrected chi connectivity index (χ2v) is 8.40. The van der Waals surface area contributed by atoms with Crippen molar-refractivity contribution < 1.29 is 53.3 Å². The lowest BCUT2D eigenvalue weighted by molar-refractivity contribution is -0.140. The second kappa shape index (κ2) is 14.7. The molecule has 3 N–H and O–H groups in total. The van der Waals surface area contributed by atoms with Crippen LogP contribution in [-0.2, 0) is 22.7 Å². The fourth-order valence-corrected chi connectivity index (χ4v) is 4.13. The second-order valence-electron chi connectivity index (χ2n) is 8.40. The summed E-state index contributed by atoms with van der Waals surface area (Å²) in [7, 11) is 8.65. The normalized spacial score (nSPS) is 10.9. The first kappa shape index (κ1) is 31.1. The van der Waals surface area contributed by atoms with Crippen LogP contribution in [0.3, 0.4) is 0 Å². The van der Waals surface area contributed by atoms with Crippen LogP contribution in [0.2, 0.25) is 0 Å². The summed E-state index contributed by atoms with van der Waals surface area (Å²) in [4.78, 5) is 26.4. The molecular weight excluding hydrogens is 516 g/mol. The van der Waals surface area contributed by atoms with Gasteiger partial charge in [-0.15, -0.1) is 0 Å². The number of benzene rings is 2. The molecule has 0 aliphatic carbocycles. The SMILES string of the molecule is COc1cc(CN(CCN(CC(=O)O)Cc2cc(OC)c(OC)c(OC)c2O)CC(=O)O)cc(OC)c1OC. The van der Waals surface area contributed by atoms with E-state index in [1.54, 1.807) is 21.9 Å². The molecule has 39 heavy (non-hydrogen) atoms. The molecule has 216 valence electrons. The first-order chi connectivity index (χ1) is 18.6. The number of hydrogen-bond donors (Lipinski definition) is 3. The van der Waals surface area contributed by atoms with Crippen molar-refractivity contribution in [3.8, 4) is 40.2 Å². The molecular formula is C26H36N2O11. The summed E-state index contributed by atoms with van der Waals surface area (Å²) in [5.41, 5.74) is 1.05. The van der Waals surface area contributed by atoms with Gasteiger partial charge in [-0.2, -0.15) is 0 Å². The third-order valence-electron chi connectivity index (χ3n) is 5.86. The summed E-state index contributed by atoms with van der Waals surface area (Å²) >= 11 is 0. The van der Waals surface area contributed by atoms with Crippen molar-refractivity contribution in [2.45, 2.75) is 13.1 Å². The zero-order valence-corrected chi connectivity index (χ0v) is 23.0. The molecule has 0 fully saturated rings. The van der Waals surface area contributed by atoms with Crippen molar-refractivity contribution in [1.29, 1.82) is 0 Å². The monoisotopic (exact) mass is 552 g/mol. The lowest BCUT2D eigenvalue weighted by Gasteiger charge is -2.27. The molecule has 0 heterocycles. The number of aromatic hydroxyl groups is 1. The Morgan fingerprint density at radius 1 is 0.641 bits per heavy atom. The standard InChI is InChI=1S/C26H36N2O11/c1-34-18-9-16(10-19(35-2)24(18)37-4)12-27(14-21(29)30)7-8-28(15-22(31)32)13-17-11-20(36-3)25(38-5)26(39-6)23(17)33/h9-11,33H,7-8,12-15H2,1-6H3,(H,29,30)(H,31,32). The van der Waals surface area contributed by atoms with E-state index in [2.05, 4.69) is 0 Å². The van der Waals surface area contributed by atoms with Crippen molar-refractivity contribution in [3.63, 3.8) is 0 Å². The largest absolute Gasteiger partial charge is 0.504 e. The summed E-state index contributed by atoms with van der Waals surface area (Å²) in [6, 6.07) is 4.98. The molecule has 0 unspecified atom stereocenters. The van der Waals surface area contributed by atoms with E-state index in [-0.39, 0.29) is 56.5 Å². The number of rotatable bonds is 17. The number of aliphatic carboxylic acids is 2. The quantitative estimate of drug-likeness (QED) is 0.262. The minimum Gasteiger partial charge on any atom is -0.504 e. The summed E-state index contributed by atoms with van der Waals surface area (Å²) in [6.07, 6.45) is 0. The van der Waals surface area contributed by atoms with Gasteiger partial charge in [0.1, 0.15) is 0 Å². The van der Waals surface area contributed by atoms with E-state index in [4.69, 9.17) is 28.4 Å². The molecule has 0 bridgehead atoms. The van der Waals surface area contributed by atoms with Gasteiger partial charge in [-0.1, -0.05) is 0 Å². The van der Waals surface area contributed by atoms with E-state index >= 15 is 0 Å². The number of carboxylic acid groups (broad SMARTS) is 2. The van der Waals surface area contributed by atoms with E-state index in [0.29, 0.717) is 34.1 Å². The van der Waals surface area contributed by atoms with E-state index in [9.17, 15) is 24.9 Å². The van der Waals surface area contributed by atoms with Crippen LogP contribution in [0.5, 0.6) is 40.2 Å². The van der Waals surface area contributed by atoms with E-state index in [1.165, 1.54) is 48.7 Å². The molecule has 0 aromatic heterocycles. The highest BCUT2D eigenvalue weighted by atomic mass is 16.5. The summed E-state index contributed by atoms with van der Waals surface area (Å²) in [5, 5.41) is 29.8. The van der Waals surface area contributed by atoms with Crippen LogP contribution >= 0.6 is 0 Å². The summed E-state index contributed by atoms with van der Waals surface area (Å²) in [6.45, 7) is -0.0744. The van der Waals surface area contributed by atoms with Crippen LogP contribution in [0.1, 0.15) is 11.1 Å². The zero-order chi connectivity index (χ0) is 29.1. The fourth-order valence-electron chi connectivity index (χ4n) is 4.13. The molecule has 0 radical (unpaired) electrons. The van der Waals surface area contributed by atoms with E-state index < -0.39 is 11.9 Å². The molecule has 13 heteroatoms. The lowest BCUT2D eigenvalue weighted by Crippen LogP contribution is -2.39. The zero-order valence-electron chi connectivity index (χ0n) is 23.0. The molecule has 0 amide bonds. The highest BCUT2D eigenvalue weighted by molar-refractivity contribution is 5.69. The van der Waals surface area contributed by atoms with Gasteiger partial charge in [-0.05, 0) is 23.8 Å². The van der Waals surface area contributed by atoms with Crippen LogP contribution in [0.25, 0.3) is 0 Å². The van der Waals surface area contributed by atoms with Crippen LogP contribution in [-0.4, -0.2) is 106 Å². The van der Waals surface area contributed by atoms with Gasteiger partial charge in [0.25, 0.3) is 0 Å². The predicted octanol–water partition coefficient (Wildman–Crippen LogP) is 1.92. The third kappa shape index (κ3) is 8.19. The van der Waals surface area contributed by atoms with Crippen molar-refractivity contribution >= 4 is 11.9 Å². The topological polar surface area (TPSA) is 157 Å². The fraction of sp³-hybridized carbons (Fsp3) is 0.462. The first-order valence-corrected chi connectivity index (χ1v) is 11.8. The van der Waals surface area contributed by atoms with Crippen molar-refractivity contribution in [3.05, 3.63) is 29.3 Å². The molecule has 13 nitrogen and oxygen atoms in total. The van der Waals surface area contributed by atoms with Crippen LogP contribution < -0.4 is 28.4 Å². The Labute approximate surface area is 227 Å². The van der Waals surface area contributed by atoms with Gasteiger partial charge in [0.05, 0.1) is 55.7 Å². The van der Waals surface area contributed by atoms with E-state index in [0.717, 1.165) is 0 Å². The predicted molar refractivity (Wildman–Crippen MR) is 140 cm³/mol. The minimum absolute atomic E-state index is 0.0138. The maximum Gasteiger partial charge on any atom is 0.317 e. The van der Waals surface area contributed by atoms with Gasteiger partial charge in [-0.25, -0.2) is 0 Å². The van der Waals surface area contributed by atoms with Gasteiger partial charge in [0, 0.05) is 31.7 Å². The number of carbonyl (C=O) groups is 2. The highest BCUT2D eigenvalue weighted by Gasteiger charge is 2.23. The molecule has 0 atom stereocenters. The van der Waals surface area contributed by atoms with Crippen molar-refractivity contribution in [2.24, 2.45) is 0 Å². The Hall–Kier alpha value is -4.10. The van der Waals surface area contributed by atoms with Crippen LogP contribution in [0, 0.1) is 0 Å². The number of hydrogen-bond acceptors (Lipinski definition) is 11. The number of ether oxygens (including phenoxy) is 6. The maximum atomic E-state index is 11.6. The Bertz CT molecular complexity index is 1110. The van der Waals surface area contributed by atoms with Crippen molar-refractivity contribution in [2.75, 3.05) is 68.8 Å². The Morgan fingerprint density at radius 3 is 1.49 bits per heavy atom. The number of phenolic OH excluding ortho intramolecular Hbond substituents is 1. The maximum absolute atomic E-state index is 11.6. The smallest absolute Gasteiger partial charge is 0.317 e. The summed E-state index contributed by atoms with van der Waals surface area (Å²) < 4.78 is 32.0. The van der Waals surface area contributed by atoms with E-state index in [1.807, 2.05) is 0 Å². The number of methoxy groups -OCH3 is 6. The first-order valence-electron chi connectivity index (χ1n) is 11.8. The van der Waals surface area contributed by atoms with Gasteiger partial charge >= 0.3 is 11.9 Å². The third-order valence-corrected chi connectivity index (χ3v) is 5.86. The number of phenols is 1. The molecule has 2 aromatic rings. The van der Waals surface area contributed by atoms with Gasteiger partial charge in [0.2, 0.25) is 17.2 Å². The summed E-state index contributed by atoms with van der Waals surface area (Å²) in [5.74, 6) is -0.545. The van der Waals surface area contributed by atoms with Crippen LogP contribution in [0.15, 0.2) is 18.2 Å². The molecule has 0 aliphatic rings. The highest BCUT2D eigenvalue weighted by Crippen LogP contribution is 2.46. The van der Waals surface area contributed by atoms with Crippen molar-refractivity contribution in [1.82, 2.24) is 9.80 Å². The average molecular weight is 553 g/mol. The number of nitrogens with zero attached hydrogens (tertiary/aromatic N) is 2. The average Bonchev–Trinajstić information content (AvgIpc) is 2.90. The van der Waals surface area contributed by atoms with Crippen LogP contribution in [0.4, 0.5) is 0 Å². The minimum atomic E-state index is -1.09. The molecule has 2 rings (SSSR count). The molecule has 0 saturated heterocycles. The van der Waals surface area contributed by atoms with Gasteiger partial charge in [0.15, 0.2) is 23.0 Å². The Morgan fingerprint density at radius 2 is 1.08 bits per heavy atom. The Kier molecular flexibility index (Phi) is 11.8. The Balaban J connectivity index is 2.32. The molecule has 0 saturated carbocycles. The molecule has 2 aromatic carbocycles.